The van der Waals surface area contributed by atoms with Gasteiger partial charge in [0.05, 0.1) is 11.0 Å². The molecule has 0 radical (unpaired) electrons. The summed E-state index contributed by atoms with van der Waals surface area (Å²) >= 11 is 0. The average molecular weight is 413 g/mol. The SMILES string of the molecule is CCN(CC)c1ccc(Cc2ccc(N(CC)CC)c3cccnc23)c2ncccc12. The molecule has 4 heteroatoms. The molecule has 0 fully saturated rings. The van der Waals surface area contributed by atoms with Crippen LogP contribution < -0.4 is 9.80 Å². The molecule has 0 aliphatic heterocycles. The van der Waals surface area contributed by atoms with Crippen LogP contribution in [-0.2, 0) is 6.42 Å². The maximum atomic E-state index is 4.79. The van der Waals surface area contributed by atoms with Crippen LogP contribution in [0.4, 0.5) is 11.4 Å². The number of nitrogens with zero attached hydrogens (tertiary/aromatic N) is 4. The Bertz CT molecular complexity index is 1080. The Balaban J connectivity index is 1.82. The van der Waals surface area contributed by atoms with Gasteiger partial charge in [0, 0.05) is 67.1 Å². The number of hydrogen-bond donors (Lipinski definition) is 0. The highest BCUT2D eigenvalue weighted by Gasteiger charge is 2.15. The second-order valence-electron chi connectivity index (χ2n) is 7.81. The van der Waals surface area contributed by atoms with E-state index < -0.39 is 0 Å². The highest BCUT2D eigenvalue weighted by molar-refractivity contribution is 5.96. The van der Waals surface area contributed by atoms with Crippen molar-refractivity contribution >= 4 is 33.2 Å². The Morgan fingerprint density at radius 3 is 1.39 bits per heavy atom. The van der Waals surface area contributed by atoms with Gasteiger partial charge in [0.2, 0.25) is 0 Å². The molecule has 0 saturated heterocycles. The molecular weight excluding hydrogens is 380 g/mol. The van der Waals surface area contributed by atoms with E-state index in [1.807, 2.05) is 24.5 Å². The minimum Gasteiger partial charge on any atom is -0.372 e. The van der Waals surface area contributed by atoms with E-state index in [1.165, 1.54) is 33.3 Å². The van der Waals surface area contributed by atoms with Crippen molar-refractivity contribution in [3.8, 4) is 0 Å². The van der Waals surface area contributed by atoms with Crippen LogP contribution in [0.1, 0.15) is 38.8 Å². The summed E-state index contributed by atoms with van der Waals surface area (Å²) in [7, 11) is 0. The molecule has 0 bridgehead atoms. The topological polar surface area (TPSA) is 32.3 Å². The van der Waals surface area contributed by atoms with Gasteiger partial charge >= 0.3 is 0 Å². The number of aromatic nitrogens is 2. The van der Waals surface area contributed by atoms with Gasteiger partial charge < -0.3 is 9.80 Å². The molecule has 0 N–H and O–H groups in total. The van der Waals surface area contributed by atoms with E-state index in [9.17, 15) is 0 Å². The summed E-state index contributed by atoms with van der Waals surface area (Å²) in [4.78, 5) is 14.4. The largest absolute Gasteiger partial charge is 0.372 e. The molecule has 4 aromatic rings. The third kappa shape index (κ3) is 3.95. The highest BCUT2D eigenvalue weighted by Crippen LogP contribution is 2.33. The first-order valence-electron chi connectivity index (χ1n) is 11.4. The average Bonchev–Trinajstić information content (AvgIpc) is 2.83. The Hall–Kier alpha value is -3.14. The zero-order valence-electron chi connectivity index (χ0n) is 19.1. The standard InChI is InChI=1S/C27H32N4/c1-5-30(6-2)24-15-13-20(26-22(24)11-9-17-28-26)19-21-14-16-25(31(7-3)8-4)23-12-10-18-29-27(21)23/h9-18H,5-8,19H2,1-4H3. The zero-order valence-corrected chi connectivity index (χ0v) is 19.1. The van der Waals surface area contributed by atoms with Crippen molar-refractivity contribution in [3.05, 3.63) is 72.1 Å². The van der Waals surface area contributed by atoms with Crippen molar-refractivity contribution in [2.24, 2.45) is 0 Å². The van der Waals surface area contributed by atoms with Gasteiger partial charge in [-0.25, -0.2) is 0 Å². The molecule has 0 unspecified atom stereocenters. The fraction of sp³-hybridized carbons (Fsp3) is 0.333. The van der Waals surface area contributed by atoms with Gasteiger partial charge in [0.15, 0.2) is 0 Å². The molecular formula is C27H32N4. The molecule has 4 rings (SSSR count). The molecule has 2 aromatic heterocycles. The number of pyridine rings is 2. The molecule has 160 valence electrons. The van der Waals surface area contributed by atoms with Crippen molar-refractivity contribution in [1.82, 2.24) is 9.97 Å². The van der Waals surface area contributed by atoms with Crippen molar-refractivity contribution in [1.29, 1.82) is 0 Å². The molecule has 0 aliphatic rings. The fourth-order valence-electron chi connectivity index (χ4n) is 4.60. The minimum absolute atomic E-state index is 0.818. The Kier molecular flexibility index (Phi) is 6.36. The van der Waals surface area contributed by atoms with Gasteiger partial charge in [0.1, 0.15) is 0 Å². The number of benzene rings is 2. The maximum Gasteiger partial charge on any atom is 0.0758 e. The van der Waals surface area contributed by atoms with Gasteiger partial charge in [-0.3, -0.25) is 9.97 Å². The summed E-state index contributed by atoms with van der Waals surface area (Å²) in [5, 5.41) is 2.45. The molecule has 31 heavy (non-hydrogen) atoms. The Morgan fingerprint density at radius 2 is 1.00 bits per heavy atom. The molecule has 0 atom stereocenters. The lowest BCUT2D eigenvalue weighted by atomic mass is 9.97. The molecule has 0 spiro atoms. The van der Waals surface area contributed by atoms with Crippen LogP contribution in [0.25, 0.3) is 21.8 Å². The molecule has 0 saturated carbocycles. The normalized spacial score (nSPS) is 11.2. The van der Waals surface area contributed by atoms with Crippen LogP contribution in [-0.4, -0.2) is 36.1 Å². The van der Waals surface area contributed by atoms with Crippen molar-refractivity contribution in [2.45, 2.75) is 34.1 Å². The van der Waals surface area contributed by atoms with Crippen LogP contribution in [0.15, 0.2) is 60.9 Å². The number of hydrogen-bond acceptors (Lipinski definition) is 4. The lowest BCUT2D eigenvalue weighted by Crippen LogP contribution is -2.22. The van der Waals surface area contributed by atoms with E-state index in [4.69, 9.17) is 9.97 Å². The number of anilines is 2. The highest BCUT2D eigenvalue weighted by atomic mass is 15.1. The maximum absolute atomic E-state index is 4.79. The van der Waals surface area contributed by atoms with E-state index in [2.05, 4.69) is 73.9 Å². The van der Waals surface area contributed by atoms with Crippen LogP contribution in [0.3, 0.4) is 0 Å². The first kappa shape index (κ1) is 21.1. The smallest absolute Gasteiger partial charge is 0.0758 e. The summed E-state index contributed by atoms with van der Waals surface area (Å²) in [6.07, 6.45) is 4.62. The van der Waals surface area contributed by atoms with Gasteiger partial charge in [-0.1, -0.05) is 12.1 Å². The summed E-state index contributed by atoms with van der Waals surface area (Å²) in [6.45, 7) is 12.8. The summed E-state index contributed by atoms with van der Waals surface area (Å²) in [5.41, 5.74) is 7.18. The van der Waals surface area contributed by atoms with Crippen LogP contribution in [0.5, 0.6) is 0 Å². The minimum atomic E-state index is 0.818. The first-order valence-corrected chi connectivity index (χ1v) is 11.4. The van der Waals surface area contributed by atoms with Gasteiger partial charge in [-0.15, -0.1) is 0 Å². The summed E-state index contributed by atoms with van der Waals surface area (Å²) in [6, 6.07) is 17.5. The van der Waals surface area contributed by atoms with Crippen molar-refractivity contribution in [2.75, 3.05) is 36.0 Å². The second kappa shape index (κ2) is 9.34. The predicted molar refractivity (Wildman–Crippen MR) is 133 cm³/mol. The zero-order chi connectivity index (χ0) is 21.8. The molecule has 0 amide bonds. The second-order valence-corrected chi connectivity index (χ2v) is 7.81. The van der Waals surface area contributed by atoms with Crippen LogP contribution in [0.2, 0.25) is 0 Å². The number of fused-ring (bicyclic) bond motifs is 2. The predicted octanol–water partition coefficient (Wildman–Crippen LogP) is 6.07. The van der Waals surface area contributed by atoms with Crippen LogP contribution >= 0.6 is 0 Å². The lowest BCUT2D eigenvalue weighted by molar-refractivity contribution is 0.869. The molecule has 2 aromatic carbocycles. The fourth-order valence-corrected chi connectivity index (χ4v) is 4.60. The Morgan fingerprint density at radius 1 is 0.581 bits per heavy atom. The first-order chi connectivity index (χ1) is 15.2. The van der Waals surface area contributed by atoms with E-state index in [-0.39, 0.29) is 0 Å². The Labute approximate surface area is 185 Å². The summed E-state index contributed by atoms with van der Waals surface area (Å²) < 4.78 is 0. The van der Waals surface area contributed by atoms with Gasteiger partial charge in [0.25, 0.3) is 0 Å². The number of rotatable bonds is 8. The van der Waals surface area contributed by atoms with Crippen molar-refractivity contribution in [3.63, 3.8) is 0 Å². The summed E-state index contributed by atoms with van der Waals surface area (Å²) in [5.74, 6) is 0. The van der Waals surface area contributed by atoms with Gasteiger partial charge in [-0.2, -0.15) is 0 Å². The van der Waals surface area contributed by atoms with Crippen molar-refractivity contribution < 1.29 is 0 Å². The lowest BCUT2D eigenvalue weighted by Gasteiger charge is -2.24. The third-order valence-corrected chi connectivity index (χ3v) is 6.25. The van der Waals surface area contributed by atoms with E-state index in [0.29, 0.717) is 0 Å². The van der Waals surface area contributed by atoms with E-state index in [0.717, 1.165) is 43.6 Å². The molecule has 4 nitrogen and oxygen atoms in total. The van der Waals surface area contributed by atoms with Gasteiger partial charge in [-0.05, 0) is 75.2 Å². The van der Waals surface area contributed by atoms with E-state index in [1.54, 1.807) is 0 Å². The molecule has 2 heterocycles. The quantitative estimate of drug-likeness (QED) is 0.352. The van der Waals surface area contributed by atoms with E-state index >= 15 is 0 Å². The third-order valence-electron chi connectivity index (χ3n) is 6.25. The monoisotopic (exact) mass is 412 g/mol. The van der Waals surface area contributed by atoms with Crippen LogP contribution in [0, 0.1) is 0 Å². The molecule has 0 aliphatic carbocycles.